The molecular formula is C12H13Br2NO. The summed E-state index contributed by atoms with van der Waals surface area (Å²) >= 11 is 6.98. The summed E-state index contributed by atoms with van der Waals surface area (Å²) in [5.74, 6) is 0.137. The minimum Gasteiger partial charge on any atom is -0.337 e. The third-order valence-corrected chi connectivity index (χ3v) is 4.46. The van der Waals surface area contributed by atoms with E-state index in [1.165, 1.54) is 0 Å². The van der Waals surface area contributed by atoms with Gasteiger partial charge in [0.05, 0.1) is 0 Å². The van der Waals surface area contributed by atoms with E-state index in [0.29, 0.717) is 4.83 Å². The smallest absolute Gasteiger partial charge is 0.253 e. The first kappa shape index (κ1) is 12.1. The Morgan fingerprint density at radius 2 is 2.25 bits per heavy atom. The summed E-state index contributed by atoms with van der Waals surface area (Å²) in [6, 6.07) is 5.75. The van der Waals surface area contributed by atoms with Crippen LogP contribution in [0, 0.1) is 6.92 Å². The summed E-state index contributed by atoms with van der Waals surface area (Å²) in [5.41, 5.74) is 1.88. The maximum absolute atomic E-state index is 12.1. The average molecular weight is 347 g/mol. The molecule has 1 atom stereocenters. The summed E-state index contributed by atoms with van der Waals surface area (Å²) in [7, 11) is 0. The highest BCUT2D eigenvalue weighted by Gasteiger charge is 2.25. The van der Waals surface area contributed by atoms with Gasteiger partial charge < -0.3 is 4.90 Å². The average Bonchev–Trinajstić information content (AvgIpc) is 2.68. The fourth-order valence-corrected chi connectivity index (χ4v) is 2.66. The van der Waals surface area contributed by atoms with E-state index in [4.69, 9.17) is 0 Å². The Hall–Kier alpha value is -0.350. The molecule has 0 aliphatic carbocycles. The standard InChI is InChI=1S/C12H13Br2NO/c1-8-6-9(2-3-11(8)14)12(16)15-5-4-10(13)7-15/h2-3,6,10H,4-5,7H2,1H3. The Kier molecular flexibility index (Phi) is 3.70. The molecule has 0 radical (unpaired) electrons. The van der Waals surface area contributed by atoms with E-state index >= 15 is 0 Å². The van der Waals surface area contributed by atoms with Gasteiger partial charge in [0.2, 0.25) is 0 Å². The van der Waals surface area contributed by atoms with Crippen LogP contribution >= 0.6 is 31.9 Å². The van der Waals surface area contributed by atoms with E-state index in [1.54, 1.807) is 0 Å². The van der Waals surface area contributed by atoms with Crippen molar-refractivity contribution in [3.8, 4) is 0 Å². The predicted molar refractivity (Wildman–Crippen MR) is 72.1 cm³/mol. The number of hydrogen-bond acceptors (Lipinski definition) is 1. The van der Waals surface area contributed by atoms with Gasteiger partial charge in [-0.15, -0.1) is 0 Å². The van der Waals surface area contributed by atoms with Crippen molar-refractivity contribution < 1.29 is 4.79 Å². The molecule has 1 aromatic carbocycles. The van der Waals surface area contributed by atoms with Crippen molar-refractivity contribution in [2.45, 2.75) is 18.2 Å². The van der Waals surface area contributed by atoms with Gasteiger partial charge in [-0.25, -0.2) is 0 Å². The first-order valence-electron chi connectivity index (χ1n) is 5.27. The number of carbonyl (C=O) groups is 1. The molecule has 0 bridgehead atoms. The molecule has 2 rings (SSSR count). The number of hydrogen-bond donors (Lipinski definition) is 0. The number of benzene rings is 1. The fraction of sp³-hybridized carbons (Fsp3) is 0.417. The van der Waals surface area contributed by atoms with Gasteiger partial charge in [0.1, 0.15) is 0 Å². The first-order valence-corrected chi connectivity index (χ1v) is 6.98. The number of rotatable bonds is 1. The molecule has 4 heteroatoms. The van der Waals surface area contributed by atoms with E-state index < -0.39 is 0 Å². The van der Waals surface area contributed by atoms with Crippen LogP contribution in [0.3, 0.4) is 0 Å². The van der Waals surface area contributed by atoms with Crippen LogP contribution in [-0.2, 0) is 0 Å². The van der Waals surface area contributed by atoms with E-state index in [0.717, 1.165) is 35.1 Å². The van der Waals surface area contributed by atoms with Gasteiger partial charge >= 0.3 is 0 Å². The summed E-state index contributed by atoms with van der Waals surface area (Å²) in [6.07, 6.45) is 1.04. The summed E-state index contributed by atoms with van der Waals surface area (Å²) < 4.78 is 1.05. The van der Waals surface area contributed by atoms with Crippen molar-refractivity contribution in [3.63, 3.8) is 0 Å². The van der Waals surface area contributed by atoms with Crippen LogP contribution in [0.25, 0.3) is 0 Å². The van der Waals surface area contributed by atoms with Gasteiger partial charge in [-0.2, -0.15) is 0 Å². The highest BCUT2D eigenvalue weighted by molar-refractivity contribution is 9.10. The van der Waals surface area contributed by atoms with Gasteiger partial charge in [0.25, 0.3) is 5.91 Å². The van der Waals surface area contributed by atoms with Crippen LogP contribution in [0.2, 0.25) is 0 Å². The molecule has 2 nitrogen and oxygen atoms in total. The fourth-order valence-electron chi connectivity index (χ4n) is 1.86. The monoisotopic (exact) mass is 345 g/mol. The van der Waals surface area contributed by atoms with Crippen LogP contribution < -0.4 is 0 Å². The second-order valence-corrected chi connectivity index (χ2v) is 6.25. The summed E-state index contributed by atoms with van der Waals surface area (Å²) in [4.78, 5) is 14.5. The minimum absolute atomic E-state index is 0.137. The van der Waals surface area contributed by atoms with Crippen molar-refractivity contribution in [2.75, 3.05) is 13.1 Å². The molecule has 0 spiro atoms. The van der Waals surface area contributed by atoms with Crippen LogP contribution in [0.1, 0.15) is 22.3 Å². The molecule has 1 aliphatic heterocycles. The van der Waals surface area contributed by atoms with Gasteiger partial charge in [0, 0.05) is 28.0 Å². The van der Waals surface area contributed by atoms with Gasteiger partial charge in [0.15, 0.2) is 0 Å². The van der Waals surface area contributed by atoms with Crippen molar-refractivity contribution in [3.05, 3.63) is 33.8 Å². The Labute approximate surface area is 112 Å². The number of nitrogens with zero attached hydrogens (tertiary/aromatic N) is 1. The molecule has 0 saturated carbocycles. The van der Waals surface area contributed by atoms with Crippen LogP contribution in [0.15, 0.2) is 22.7 Å². The maximum Gasteiger partial charge on any atom is 0.253 e. The minimum atomic E-state index is 0.137. The zero-order valence-electron chi connectivity index (χ0n) is 9.04. The Balaban J connectivity index is 2.18. The topological polar surface area (TPSA) is 20.3 Å². The molecule has 1 saturated heterocycles. The van der Waals surface area contributed by atoms with E-state index in [2.05, 4.69) is 31.9 Å². The zero-order chi connectivity index (χ0) is 11.7. The quantitative estimate of drug-likeness (QED) is 0.714. The molecule has 0 aromatic heterocycles. The van der Waals surface area contributed by atoms with Crippen molar-refractivity contribution in [1.29, 1.82) is 0 Å². The lowest BCUT2D eigenvalue weighted by Gasteiger charge is -2.16. The second kappa shape index (κ2) is 4.88. The lowest BCUT2D eigenvalue weighted by molar-refractivity contribution is 0.0793. The predicted octanol–water partition coefficient (Wildman–Crippen LogP) is 3.37. The Morgan fingerprint density at radius 1 is 1.50 bits per heavy atom. The highest BCUT2D eigenvalue weighted by atomic mass is 79.9. The van der Waals surface area contributed by atoms with Gasteiger partial charge in [-0.3, -0.25) is 4.79 Å². The number of likely N-dealkylation sites (tertiary alicyclic amines) is 1. The molecule has 1 heterocycles. The molecule has 1 fully saturated rings. The van der Waals surface area contributed by atoms with Crippen LogP contribution in [0.5, 0.6) is 0 Å². The SMILES string of the molecule is Cc1cc(C(=O)N2CCC(Br)C2)ccc1Br. The Morgan fingerprint density at radius 3 is 2.81 bits per heavy atom. The van der Waals surface area contributed by atoms with Gasteiger partial charge in [-0.05, 0) is 37.1 Å². The number of carbonyl (C=O) groups excluding carboxylic acids is 1. The molecule has 0 N–H and O–H groups in total. The van der Waals surface area contributed by atoms with E-state index in [9.17, 15) is 4.79 Å². The normalized spacial score (nSPS) is 20.2. The van der Waals surface area contributed by atoms with E-state index in [1.807, 2.05) is 30.0 Å². The number of amides is 1. The zero-order valence-corrected chi connectivity index (χ0v) is 12.2. The number of alkyl halides is 1. The molecule has 1 amide bonds. The number of aryl methyl sites for hydroxylation is 1. The molecule has 1 unspecified atom stereocenters. The lowest BCUT2D eigenvalue weighted by Crippen LogP contribution is -2.28. The largest absolute Gasteiger partial charge is 0.337 e. The second-order valence-electron chi connectivity index (χ2n) is 4.10. The highest BCUT2D eigenvalue weighted by Crippen LogP contribution is 2.21. The summed E-state index contributed by atoms with van der Waals surface area (Å²) in [6.45, 7) is 3.66. The molecule has 1 aromatic rings. The van der Waals surface area contributed by atoms with E-state index in [-0.39, 0.29) is 5.91 Å². The molecular weight excluding hydrogens is 334 g/mol. The van der Waals surface area contributed by atoms with Crippen molar-refractivity contribution in [1.82, 2.24) is 4.90 Å². The third kappa shape index (κ3) is 2.48. The van der Waals surface area contributed by atoms with Crippen LogP contribution in [-0.4, -0.2) is 28.7 Å². The van der Waals surface area contributed by atoms with Gasteiger partial charge in [-0.1, -0.05) is 31.9 Å². The summed E-state index contributed by atoms with van der Waals surface area (Å²) in [5, 5.41) is 0. The van der Waals surface area contributed by atoms with Crippen LogP contribution in [0.4, 0.5) is 0 Å². The first-order chi connectivity index (χ1) is 7.58. The van der Waals surface area contributed by atoms with Crippen molar-refractivity contribution in [2.24, 2.45) is 0 Å². The molecule has 16 heavy (non-hydrogen) atoms. The third-order valence-electron chi connectivity index (χ3n) is 2.82. The molecule has 1 aliphatic rings. The number of halogens is 2. The maximum atomic E-state index is 12.1. The van der Waals surface area contributed by atoms with Crippen molar-refractivity contribution >= 4 is 37.8 Å². The Bertz CT molecular complexity index is 419. The molecule has 86 valence electrons. The lowest BCUT2D eigenvalue weighted by atomic mass is 10.1.